The van der Waals surface area contributed by atoms with Gasteiger partial charge >= 0.3 is 5.97 Å². The molecule has 0 saturated carbocycles. The number of aromatic nitrogens is 2. The number of imidazole rings is 1. The number of carboxylic acid groups (broad SMARTS) is 1. The van der Waals surface area contributed by atoms with Crippen LogP contribution in [0, 0.1) is 5.41 Å². The van der Waals surface area contributed by atoms with Crippen LogP contribution in [0.15, 0.2) is 12.4 Å². The Morgan fingerprint density at radius 1 is 1.43 bits per heavy atom. The molecule has 0 radical (unpaired) electrons. The largest absolute Gasteiger partial charge is 0.480 e. The van der Waals surface area contributed by atoms with Crippen molar-refractivity contribution in [2.45, 2.75) is 45.2 Å². The number of rotatable bonds is 5. The summed E-state index contributed by atoms with van der Waals surface area (Å²) in [6.45, 7) is 6.95. The van der Waals surface area contributed by atoms with E-state index in [4.69, 9.17) is 0 Å². The third-order valence-corrected chi connectivity index (χ3v) is 5.60. The van der Waals surface area contributed by atoms with Gasteiger partial charge in [0.15, 0.2) is 0 Å². The molecule has 2 aliphatic heterocycles. The van der Waals surface area contributed by atoms with Crippen molar-refractivity contribution >= 4 is 5.97 Å². The molecular weight excluding hydrogens is 292 g/mol. The summed E-state index contributed by atoms with van der Waals surface area (Å²) in [7, 11) is 2.03. The maximum atomic E-state index is 11.6. The Kier molecular flexibility index (Phi) is 4.73. The number of likely N-dealkylation sites (tertiary alicyclic amines) is 2. The molecular formula is C17H28N4O2. The summed E-state index contributed by atoms with van der Waals surface area (Å²) in [5.41, 5.74) is 0.205. The second kappa shape index (κ2) is 6.61. The van der Waals surface area contributed by atoms with Gasteiger partial charge < -0.3 is 9.67 Å². The van der Waals surface area contributed by atoms with Gasteiger partial charge in [-0.15, -0.1) is 0 Å². The first-order valence-electron chi connectivity index (χ1n) is 8.68. The number of piperidine rings is 1. The van der Waals surface area contributed by atoms with E-state index in [1.54, 1.807) is 0 Å². The van der Waals surface area contributed by atoms with Crippen LogP contribution < -0.4 is 0 Å². The normalized spacial score (nSPS) is 25.2. The molecule has 6 nitrogen and oxygen atoms in total. The molecule has 3 rings (SSSR count). The minimum absolute atomic E-state index is 0.205. The Balaban J connectivity index is 1.59. The third kappa shape index (κ3) is 3.43. The summed E-state index contributed by atoms with van der Waals surface area (Å²) in [5, 5.41) is 9.51. The Bertz CT molecular complexity index is 549. The lowest BCUT2D eigenvalue weighted by atomic mass is 9.76. The molecule has 0 bridgehead atoms. The molecule has 128 valence electrons. The van der Waals surface area contributed by atoms with Crippen LogP contribution in [0.2, 0.25) is 0 Å². The molecule has 2 saturated heterocycles. The van der Waals surface area contributed by atoms with E-state index in [9.17, 15) is 9.90 Å². The van der Waals surface area contributed by atoms with Gasteiger partial charge in [-0.3, -0.25) is 14.6 Å². The molecule has 1 aromatic heterocycles. The second-order valence-corrected chi connectivity index (χ2v) is 7.26. The van der Waals surface area contributed by atoms with Gasteiger partial charge in [0.1, 0.15) is 11.9 Å². The van der Waals surface area contributed by atoms with E-state index in [1.807, 2.05) is 19.4 Å². The van der Waals surface area contributed by atoms with Gasteiger partial charge in [-0.05, 0) is 50.7 Å². The maximum Gasteiger partial charge on any atom is 0.320 e. The van der Waals surface area contributed by atoms with Gasteiger partial charge in [-0.25, -0.2) is 4.98 Å². The lowest BCUT2D eigenvalue weighted by Crippen LogP contribution is -2.41. The van der Waals surface area contributed by atoms with Crippen molar-refractivity contribution < 1.29 is 9.90 Å². The van der Waals surface area contributed by atoms with Crippen LogP contribution in [0.5, 0.6) is 0 Å². The summed E-state index contributed by atoms with van der Waals surface area (Å²) < 4.78 is 2.07. The minimum atomic E-state index is -0.647. The molecule has 0 unspecified atom stereocenters. The molecule has 1 spiro atoms. The molecule has 23 heavy (non-hydrogen) atoms. The molecule has 2 fully saturated rings. The third-order valence-electron chi connectivity index (χ3n) is 5.60. The Morgan fingerprint density at radius 3 is 2.74 bits per heavy atom. The highest BCUT2D eigenvalue weighted by Crippen LogP contribution is 2.43. The first kappa shape index (κ1) is 16.5. The maximum absolute atomic E-state index is 11.6. The Hall–Kier alpha value is -1.40. The van der Waals surface area contributed by atoms with Crippen LogP contribution >= 0.6 is 0 Å². The summed E-state index contributed by atoms with van der Waals surface area (Å²) in [6, 6.07) is -0.281. The van der Waals surface area contributed by atoms with Crippen LogP contribution in [0.3, 0.4) is 0 Å². The van der Waals surface area contributed by atoms with Gasteiger partial charge in [-0.2, -0.15) is 0 Å². The Labute approximate surface area is 138 Å². The first-order valence-corrected chi connectivity index (χ1v) is 8.68. The van der Waals surface area contributed by atoms with Crippen molar-refractivity contribution in [3.63, 3.8) is 0 Å². The number of carbonyl (C=O) groups is 1. The predicted octanol–water partition coefficient (Wildman–Crippen LogP) is 1.57. The van der Waals surface area contributed by atoms with Crippen molar-refractivity contribution in [3.05, 3.63) is 18.2 Å². The van der Waals surface area contributed by atoms with Crippen molar-refractivity contribution in [2.75, 3.05) is 26.2 Å². The number of nitrogens with zero attached hydrogens (tertiary/aromatic N) is 4. The number of hydrogen-bond acceptors (Lipinski definition) is 4. The van der Waals surface area contributed by atoms with Gasteiger partial charge in [0.05, 0.1) is 6.54 Å². The lowest BCUT2D eigenvalue weighted by Gasteiger charge is -2.39. The zero-order valence-corrected chi connectivity index (χ0v) is 14.2. The topological polar surface area (TPSA) is 61.6 Å². The van der Waals surface area contributed by atoms with E-state index in [0.717, 1.165) is 64.2 Å². The van der Waals surface area contributed by atoms with Crippen molar-refractivity contribution in [1.29, 1.82) is 0 Å². The van der Waals surface area contributed by atoms with Crippen molar-refractivity contribution in [2.24, 2.45) is 12.5 Å². The second-order valence-electron chi connectivity index (χ2n) is 7.26. The molecule has 6 heteroatoms. The molecule has 2 aliphatic rings. The molecule has 3 heterocycles. The zero-order valence-electron chi connectivity index (χ0n) is 14.2. The number of aryl methyl sites for hydroxylation is 1. The van der Waals surface area contributed by atoms with Gasteiger partial charge in [-0.1, -0.05) is 6.92 Å². The van der Waals surface area contributed by atoms with Gasteiger partial charge in [0, 0.05) is 26.0 Å². The van der Waals surface area contributed by atoms with Crippen LogP contribution in [0.1, 0.15) is 38.4 Å². The van der Waals surface area contributed by atoms with Gasteiger partial charge in [0.25, 0.3) is 0 Å². The van der Waals surface area contributed by atoms with Crippen LogP contribution in [-0.4, -0.2) is 62.6 Å². The summed E-state index contributed by atoms with van der Waals surface area (Å²) >= 11 is 0. The molecule has 0 aliphatic carbocycles. The SMILES string of the molecule is CCCN1CC2(CCN(Cc3nccn3C)CC2)C[C@@H]1C(=O)O. The van der Waals surface area contributed by atoms with E-state index < -0.39 is 5.97 Å². The average Bonchev–Trinajstić information content (AvgIpc) is 3.07. The molecule has 1 aromatic rings. The monoisotopic (exact) mass is 320 g/mol. The quantitative estimate of drug-likeness (QED) is 0.892. The van der Waals surface area contributed by atoms with E-state index in [-0.39, 0.29) is 11.5 Å². The highest BCUT2D eigenvalue weighted by atomic mass is 16.4. The van der Waals surface area contributed by atoms with Crippen LogP contribution in [-0.2, 0) is 18.4 Å². The van der Waals surface area contributed by atoms with E-state index >= 15 is 0 Å². The highest BCUT2D eigenvalue weighted by molar-refractivity contribution is 5.74. The van der Waals surface area contributed by atoms with Crippen molar-refractivity contribution in [1.82, 2.24) is 19.4 Å². The standard InChI is InChI=1S/C17H28N4O2/c1-3-7-21-13-17(11-14(21)16(22)23)4-8-20(9-5-17)12-15-18-6-10-19(15)2/h6,10,14H,3-5,7-9,11-13H2,1-2H3,(H,22,23)/t14-/m1/s1. The molecule has 1 atom stereocenters. The fourth-order valence-corrected chi connectivity index (χ4v) is 4.21. The molecule has 0 amide bonds. The summed E-state index contributed by atoms with van der Waals surface area (Å²) in [4.78, 5) is 20.6. The smallest absolute Gasteiger partial charge is 0.320 e. The fraction of sp³-hybridized carbons (Fsp3) is 0.765. The molecule has 1 N–H and O–H groups in total. The van der Waals surface area contributed by atoms with E-state index in [0.29, 0.717) is 0 Å². The Morgan fingerprint density at radius 2 is 2.17 bits per heavy atom. The summed E-state index contributed by atoms with van der Waals surface area (Å²) in [5.74, 6) is 0.453. The first-order chi connectivity index (χ1) is 11.0. The zero-order chi connectivity index (χ0) is 16.4. The van der Waals surface area contributed by atoms with Crippen LogP contribution in [0.4, 0.5) is 0 Å². The van der Waals surface area contributed by atoms with Crippen LogP contribution in [0.25, 0.3) is 0 Å². The van der Waals surface area contributed by atoms with Gasteiger partial charge in [0.2, 0.25) is 0 Å². The fourth-order valence-electron chi connectivity index (χ4n) is 4.21. The molecule has 0 aromatic carbocycles. The minimum Gasteiger partial charge on any atom is -0.480 e. The van der Waals surface area contributed by atoms with E-state index in [1.165, 1.54) is 0 Å². The van der Waals surface area contributed by atoms with E-state index in [2.05, 4.69) is 26.3 Å². The predicted molar refractivity (Wildman–Crippen MR) is 88.1 cm³/mol. The number of carboxylic acids is 1. The van der Waals surface area contributed by atoms with Crippen molar-refractivity contribution in [3.8, 4) is 0 Å². The highest BCUT2D eigenvalue weighted by Gasteiger charge is 2.47. The average molecular weight is 320 g/mol. The summed E-state index contributed by atoms with van der Waals surface area (Å²) in [6.07, 6.45) is 7.86. The number of hydrogen-bond donors (Lipinski definition) is 1. The lowest BCUT2D eigenvalue weighted by molar-refractivity contribution is -0.142. The number of aliphatic carboxylic acids is 1.